The first-order valence-corrected chi connectivity index (χ1v) is 5.95. The van der Waals surface area contributed by atoms with Gasteiger partial charge < -0.3 is 15.7 Å². The Bertz CT molecular complexity index is 158. The van der Waals surface area contributed by atoms with Crippen molar-refractivity contribution in [2.24, 2.45) is 11.7 Å². The Balaban J connectivity index is 3.50. The van der Waals surface area contributed by atoms with Crippen molar-refractivity contribution >= 4 is 0 Å². The van der Waals surface area contributed by atoms with Gasteiger partial charge in [-0.2, -0.15) is 0 Å². The molecule has 0 rings (SSSR count). The van der Waals surface area contributed by atoms with E-state index in [2.05, 4.69) is 25.8 Å². The van der Waals surface area contributed by atoms with Gasteiger partial charge in [0.15, 0.2) is 0 Å². The van der Waals surface area contributed by atoms with Crippen LogP contribution < -0.4 is 5.73 Å². The molecular formula is C12H28N2O. The summed E-state index contributed by atoms with van der Waals surface area (Å²) < 4.78 is 0. The van der Waals surface area contributed by atoms with Gasteiger partial charge in [-0.3, -0.25) is 0 Å². The smallest absolute Gasteiger partial charge is 0.0608 e. The molecule has 3 N–H and O–H groups in total. The molecule has 0 amide bonds. The molecule has 3 nitrogen and oxygen atoms in total. The second kappa shape index (κ2) is 7.20. The van der Waals surface area contributed by atoms with Gasteiger partial charge >= 0.3 is 0 Å². The van der Waals surface area contributed by atoms with E-state index in [1.165, 1.54) is 6.42 Å². The second-order valence-electron chi connectivity index (χ2n) is 5.40. The van der Waals surface area contributed by atoms with Crippen molar-refractivity contribution < 1.29 is 5.11 Å². The Morgan fingerprint density at radius 1 is 1.33 bits per heavy atom. The highest BCUT2D eigenvalue weighted by atomic mass is 16.3. The van der Waals surface area contributed by atoms with Gasteiger partial charge in [-0.15, -0.1) is 0 Å². The van der Waals surface area contributed by atoms with Crippen LogP contribution in [0, 0.1) is 5.92 Å². The summed E-state index contributed by atoms with van der Waals surface area (Å²) in [6.45, 7) is 8.69. The summed E-state index contributed by atoms with van der Waals surface area (Å²) >= 11 is 0. The fourth-order valence-electron chi connectivity index (χ4n) is 1.42. The number of rotatable bonds is 8. The van der Waals surface area contributed by atoms with Crippen molar-refractivity contribution in [3.8, 4) is 0 Å². The lowest BCUT2D eigenvalue weighted by atomic mass is 9.98. The zero-order valence-corrected chi connectivity index (χ0v) is 10.8. The molecule has 0 radical (unpaired) electrons. The highest BCUT2D eigenvalue weighted by molar-refractivity contribution is 4.77. The van der Waals surface area contributed by atoms with Crippen LogP contribution in [-0.4, -0.2) is 42.3 Å². The minimum absolute atomic E-state index is 0.0721. The van der Waals surface area contributed by atoms with Gasteiger partial charge in [-0.25, -0.2) is 0 Å². The molecule has 1 unspecified atom stereocenters. The van der Waals surface area contributed by atoms with Crippen LogP contribution in [0.5, 0.6) is 0 Å². The topological polar surface area (TPSA) is 49.5 Å². The van der Waals surface area contributed by atoms with Gasteiger partial charge in [0, 0.05) is 5.54 Å². The molecule has 3 heteroatoms. The van der Waals surface area contributed by atoms with Crippen LogP contribution in [0.25, 0.3) is 0 Å². The molecule has 0 saturated carbocycles. The third-order valence-electron chi connectivity index (χ3n) is 2.74. The first-order chi connectivity index (χ1) is 6.87. The van der Waals surface area contributed by atoms with Crippen molar-refractivity contribution in [1.82, 2.24) is 4.90 Å². The van der Waals surface area contributed by atoms with Crippen molar-refractivity contribution in [1.29, 1.82) is 0 Å². The number of nitrogens with zero attached hydrogens (tertiary/aromatic N) is 1. The summed E-state index contributed by atoms with van der Waals surface area (Å²) in [6, 6.07) is 0. The summed E-state index contributed by atoms with van der Waals surface area (Å²) in [6.07, 6.45) is 3.19. The zero-order valence-electron chi connectivity index (χ0n) is 10.8. The Hall–Kier alpha value is -0.120. The molecule has 0 aliphatic carbocycles. The number of hydrogen-bond acceptors (Lipinski definition) is 3. The maximum absolute atomic E-state index is 9.00. The van der Waals surface area contributed by atoms with E-state index in [1.807, 2.05) is 6.92 Å². The molecule has 0 saturated heterocycles. The normalized spacial score (nSPS) is 16.0. The van der Waals surface area contributed by atoms with Crippen molar-refractivity contribution in [2.45, 2.75) is 45.6 Å². The molecule has 0 aromatic heterocycles. The number of nitrogens with two attached hydrogens (primary N) is 1. The molecule has 0 aromatic rings. The summed E-state index contributed by atoms with van der Waals surface area (Å²) in [5.41, 5.74) is 5.45. The Morgan fingerprint density at radius 3 is 2.40 bits per heavy atom. The van der Waals surface area contributed by atoms with E-state index < -0.39 is 5.54 Å². The predicted octanol–water partition coefficient (Wildman–Crippen LogP) is 1.45. The largest absolute Gasteiger partial charge is 0.394 e. The monoisotopic (exact) mass is 216 g/mol. The fourth-order valence-corrected chi connectivity index (χ4v) is 1.42. The van der Waals surface area contributed by atoms with E-state index in [4.69, 9.17) is 10.8 Å². The van der Waals surface area contributed by atoms with Gasteiger partial charge in [0.25, 0.3) is 0 Å². The molecule has 1 atom stereocenters. The van der Waals surface area contributed by atoms with Gasteiger partial charge in [0.1, 0.15) is 0 Å². The number of hydrogen-bond donors (Lipinski definition) is 2. The molecule has 0 aliphatic rings. The molecule has 0 spiro atoms. The van der Waals surface area contributed by atoms with Crippen molar-refractivity contribution in [3.05, 3.63) is 0 Å². The van der Waals surface area contributed by atoms with Crippen LogP contribution in [-0.2, 0) is 0 Å². The van der Waals surface area contributed by atoms with Crippen LogP contribution in [0.15, 0.2) is 0 Å². The average Bonchev–Trinajstić information content (AvgIpc) is 2.14. The first-order valence-electron chi connectivity index (χ1n) is 5.95. The molecule has 0 fully saturated rings. The Kier molecular flexibility index (Phi) is 7.14. The van der Waals surface area contributed by atoms with E-state index in [0.29, 0.717) is 0 Å². The van der Waals surface area contributed by atoms with Gasteiger partial charge in [0.05, 0.1) is 6.61 Å². The molecule has 0 heterocycles. The third-order valence-corrected chi connectivity index (χ3v) is 2.74. The number of aliphatic hydroxyl groups is 1. The summed E-state index contributed by atoms with van der Waals surface area (Å²) in [4.78, 5) is 2.34. The van der Waals surface area contributed by atoms with Gasteiger partial charge in [0.2, 0.25) is 0 Å². The molecule has 0 aliphatic heterocycles. The first kappa shape index (κ1) is 14.9. The molecule has 0 aromatic carbocycles. The second-order valence-corrected chi connectivity index (χ2v) is 5.40. The standard InChI is InChI=1S/C12H28N2O/c1-11(2)6-9-14(4)8-5-7-12(3,13)10-15/h11,15H,5-10,13H2,1-4H3. The Morgan fingerprint density at radius 2 is 1.93 bits per heavy atom. The van der Waals surface area contributed by atoms with E-state index in [0.717, 1.165) is 31.8 Å². The third kappa shape index (κ3) is 8.85. The zero-order chi connectivity index (χ0) is 11.9. The lowest BCUT2D eigenvalue weighted by Gasteiger charge is -2.23. The molecule has 0 bridgehead atoms. The average molecular weight is 216 g/mol. The van der Waals surface area contributed by atoms with Crippen LogP contribution in [0.2, 0.25) is 0 Å². The van der Waals surface area contributed by atoms with E-state index in [1.54, 1.807) is 0 Å². The molecule has 15 heavy (non-hydrogen) atoms. The quantitative estimate of drug-likeness (QED) is 0.646. The van der Waals surface area contributed by atoms with Crippen molar-refractivity contribution in [2.75, 3.05) is 26.7 Å². The highest BCUT2D eigenvalue weighted by Gasteiger charge is 2.16. The Labute approximate surface area is 94.6 Å². The van der Waals surface area contributed by atoms with Crippen LogP contribution in [0.1, 0.15) is 40.0 Å². The van der Waals surface area contributed by atoms with E-state index in [-0.39, 0.29) is 6.61 Å². The van der Waals surface area contributed by atoms with Crippen LogP contribution in [0.3, 0.4) is 0 Å². The van der Waals surface area contributed by atoms with E-state index >= 15 is 0 Å². The SMILES string of the molecule is CC(C)CCN(C)CCCC(C)(N)CO. The lowest BCUT2D eigenvalue weighted by Crippen LogP contribution is -2.40. The minimum atomic E-state index is -0.404. The predicted molar refractivity (Wildman–Crippen MR) is 65.9 cm³/mol. The van der Waals surface area contributed by atoms with Crippen LogP contribution >= 0.6 is 0 Å². The fraction of sp³-hybridized carbons (Fsp3) is 1.00. The summed E-state index contributed by atoms with van der Waals surface area (Å²) in [7, 11) is 2.15. The number of aliphatic hydroxyl groups excluding tert-OH is 1. The van der Waals surface area contributed by atoms with Crippen LogP contribution in [0.4, 0.5) is 0 Å². The maximum atomic E-state index is 9.00. The maximum Gasteiger partial charge on any atom is 0.0608 e. The lowest BCUT2D eigenvalue weighted by molar-refractivity contribution is 0.191. The van der Waals surface area contributed by atoms with E-state index in [9.17, 15) is 0 Å². The molecule has 92 valence electrons. The minimum Gasteiger partial charge on any atom is -0.394 e. The highest BCUT2D eigenvalue weighted by Crippen LogP contribution is 2.08. The molecular weight excluding hydrogens is 188 g/mol. The van der Waals surface area contributed by atoms with Gasteiger partial charge in [-0.1, -0.05) is 13.8 Å². The van der Waals surface area contributed by atoms with Crippen molar-refractivity contribution in [3.63, 3.8) is 0 Å². The summed E-state index contributed by atoms with van der Waals surface area (Å²) in [5.74, 6) is 0.768. The van der Waals surface area contributed by atoms with Gasteiger partial charge in [-0.05, 0) is 52.2 Å². The summed E-state index contributed by atoms with van der Waals surface area (Å²) in [5, 5.41) is 9.00.